The third kappa shape index (κ3) is 5.96. The summed E-state index contributed by atoms with van der Waals surface area (Å²) in [5, 5.41) is 11.6. The van der Waals surface area contributed by atoms with Crippen molar-refractivity contribution in [1.82, 2.24) is 14.7 Å². The number of ether oxygens (including phenoxy) is 1. The molecule has 8 heteroatoms. The van der Waals surface area contributed by atoms with Gasteiger partial charge in [-0.25, -0.2) is 4.79 Å². The minimum absolute atomic E-state index is 0.149. The lowest BCUT2D eigenvalue weighted by Gasteiger charge is -2.35. The zero-order valence-corrected chi connectivity index (χ0v) is 23.1. The van der Waals surface area contributed by atoms with E-state index in [0.717, 1.165) is 25.1 Å². The third-order valence-corrected chi connectivity index (χ3v) is 6.78. The van der Waals surface area contributed by atoms with Gasteiger partial charge in [0.05, 0.1) is 5.56 Å². The number of carbonyl (C=O) groups is 2. The Labute approximate surface area is 224 Å². The van der Waals surface area contributed by atoms with Crippen molar-refractivity contribution < 1.29 is 23.8 Å². The van der Waals surface area contributed by atoms with Gasteiger partial charge in [-0.05, 0) is 52.4 Å². The van der Waals surface area contributed by atoms with Crippen LogP contribution >= 0.6 is 0 Å². The molecule has 0 bridgehead atoms. The van der Waals surface area contributed by atoms with Crippen molar-refractivity contribution in [2.24, 2.45) is 0 Å². The molecule has 2 aromatic carbocycles. The second-order valence-corrected chi connectivity index (χ2v) is 10.7. The van der Waals surface area contributed by atoms with Crippen LogP contribution in [-0.4, -0.2) is 76.7 Å². The molecule has 1 fully saturated rings. The predicted molar refractivity (Wildman–Crippen MR) is 148 cm³/mol. The van der Waals surface area contributed by atoms with Crippen LogP contribution in [0, 0.1) is 0 Å². The summed E-state index contributed by atoms with van der Waals surface area (Å²) in [4.78, 5) is 32.4. The van der Waals surface area contributed by atoms with Crippen LogP contribution in [-0.2, 0) is 11.3 Å². The van der Waals surface area contributed by atoms with Gasteiger partial charge in [0.2, 0.25) is 0 Å². The quantitative estimate of drug-likeness (QED) is 0.427. The molecular weight excluding hydrogens is 482 g/mol. The average Bonchev–Trinajstić information content (AvgIpc) is 3.29. The fraction of sp³-hybridized carbons (Fsp3) is 0.467. The second-order valence-electron chi connectivity index (χ2n) is 10.7. The Morgan fingerprint density at radius 2 is 1.66 bits per heavy atom. The summed E-state index contributed by atoms with van der Waals surface area (Å²) in [6, 6.07) is 13.0. The van der Waals surface area contributed by atoms with E-state index in [1.54, 1.807) is 21.9 Å². The highest BCUT2D eigenvalue weighted by molar-refractivity contribution is 6.12. The number of rotatable bonds is 7. The van der Waals surface area contributed by atoms with E-state index in [9.17, 15) is 14.7 Å². The van der Waals surface area contributed by atoms with Gasteiger partial charge in [-0.1, -0.05) is 44.2 Å². The average molecular weight is 522 g/mol. The van der Waals surface area contributed by atoms with E-state index in [1.165, 1.54) is 0 Å². The standard InChI is InChI=1S/C30H39N3O5/c1-6-15-31(7-2)20-22-23(34)13-14-24-25(22)26(27(37-24)21-11-9-8-10-12-21)28(35)32-16-18-33(19-17-32)29(36)38-30(3,4)5/h8-14,34H,6-7,15-20H2,1-5H3. The molecule has 1 N–H and O–H groups in total. The Morgan fingerprint density at radius 1 is 1.00 bits per heavy atom. The van der Waals surface area contributed by atoms with Crippen molar-refractivity contribution in [3.05, 3.63) is 53.6 Å². The first-order chi connectivity index (χ1) is 18.1. The summed E-state index contributed by atoms with van der Waals surface area (Å²) >= 11 is 0. The first-order valence-corrected chi connectivity index (χ1v) is 13.4. The van der Waals surface area contributed by atoms with Gasteiger partial charge in [-0.3, -0.25) is 9.69 Å². The highest BCUT2D eigenvalue weighted by Crippen LogP contribution is 2.40. The van der Waals surface area contributed by atoms with Crippen molar-refractivity contribution in [2.75, 3.05) is 39.3 Å². The fourth-order valence-corrected chi connectivity index (χ4v) is 4.87. The molecule has 204 valence electrons. The van der Waals surface area contributed by atoms with Gasteiger partial charge in [0.25, 0.3) is 5.91 Å². The number of hydrogen-bond acceptors (Lipinski definition) is 6. The van der Waals surface area contributed by atoms with E-state index in [-0.39, 0.29) is 17.7 Å². The number of phenolic OH excluding ortho intramolecular Hbond substituents is 1. The van der Waals surface area contributed by atoms with E-state index >= 15 is 0 Å². The fourth-order valence-electron chi connectivity index (χ4n) is 4.87. The van der Waals surface area contributed by atoms with Crippen LogP contribution in [0.3, 0.4) is 0 Å². The highest BCUT2D eigenvalue weighted by Gasteiger charge is 2.33. The van der Waals surface area contributed by atoms with Gasteiger partial charge < -0.3 is 24.1 Å². The summed E-state index contributed by atoms with van der Waals surface area (Å²) in [6.07, 6.45) is 0.616. The molecule has 1 aromatic heterocycles. The van der Waals surface area contributed by atoms with Gasteiger partial charge in [-0.2, -0.15) is 0 Å². The van der Waals surface area contributed by atoms with Gasteiger partial charge in [0.15, 0.2) is 0 Å². The van der Waals surface area contributed by atoms with Crippen LogP contribution in [0.15, 0.2) is 46.9 Å². The van der Waals surface area contributed by atoms with Crippen LogP contribution in [0.4, 0.5) is 4.79 Å². The first kappa shape index (κ1) is 27.5. The van der Waals surface area contributed by atoms with Crippen LogP contribution in [0.1, 0.15) is 57.0 Å². The van der Waals surface area contributed by atoms with Crippen molar-refractivity contribution in [3.63, 3.8) is 0 Å². The van der Waals surface area contributed by atoms with Crippen LogP contribution in [0.2, 0.25) is 0 Å². The Bertz CT molecular complexity index is 1270. The smallest absolute Gasteiger partial charge is 0.410 e. The molecular formula is C30H39N3O5. The van der Waals surface area contributed by atoms with Crippen molar-refractivity contribution in [3.8, 4) is 17.1 Å². The Hall–Kier alpha value is -3.52. The van der Waals surface area contributed by atoms with Crippen LogP contribution in [0.5, 0.6) is 5.75 Å². The number of furan rings is 1. The lowest BCUT2D eigenvalue weighted by molar-refractivity contribution is 0.0141. The Kier molecular flexibility index (Phi) is 8.31. The molecule has 2 amide bonds. The molecule has 0 atom stereocenters. The normalized spacial score (nSPS) is 14.4. The number of amides is 2. The molecule has 0 aliphatic carbocycles. The molecule has 2 heterocycles. The molecule has 0 radical (unpaired) electrons. The number of hydrogen-bond donors (Lipinski definition) is 1. The Balaban J connectivity index is 1.73. The monoisotopic (exact) mass is 521 g/mol. The highest BCUT2D eigenvalue weighted by atomic mass is 16.6. The minimum Gasteiger partial charge on any atom is -0.508 e. The zero-order valence-electron chi connectivity index (χ0n) is 23.1. The molecule has 1 aliphatic rings. The van der Waals surface area contributed by atoms with E-state index < -0.39 is 5.60 Å². The zero-order chi connectivity index (χ0) is 27.4. The molecule has 8 nitrogen and oxygen atoms in total. The molecule has 0 saturated carbocycles. The summed E-state index contributed by atoms with van der Waals surface area (Å²) in [6.45, 7) is 13.5. The molecule has 3 aromatic rings. The van der Waals surface area contributed by atoms with Crippen LogP contribution in [0.25, 0.3) is 22.3 Å². The molecule has 38 heavy (non-hydrogen) atoms. The topological polar surface area (TPSA) is 86.5 Å². The molecule has 4 rings (SSSR count). The summed E-state index contributed by atoms with van der Waals surface area (Å²) in [5.41, 5.74) is 1.94. The molecule has 0 unspecified atom stereocenters. The summed E-state index contributed by atoms with van der Waals surface area (Å²) < 4.78 is 11.8. The van der Waals surface area contributed by atoms with Gasteiger partial charge >= 0.3 is 6.09 Å². The molecule has 0 spiro atoms. The van der Waals surface area contributed by atoms with E-state index in [0.29, 0.717) is 60.6 Å². The number of fused-ring (bicyclic) bond motifs is 1. The Morgan fingerprint density at radius 3 is 2.26 bits per heavy atom. The number of phenols is 1. The summed E-state index contributed by atoms with van der Waals surface area (Å²) in [5.74, 6) is 0.471. The summed E-state index contributed by atoms with van der Waals surface area (Å²) in [7, 11) is 0. The maximum atomic E-state index is 14.2. The van der Waals surface area contributed by atoms with E-state index in [4.69, 9.17) is 9.15 Å². The van der Waals surface area contributed by atoms with Gasteiger partial charge in [0, 0.05) is 49.2 Å². The maximum absolute atomic E-state index is 14.2. The van der Waals surface area contributed by atoms with Crippen molar-refractivity contribution >= 4 is 23.0 Å². The maximum Gasteiger partial charge on any atom is 0.410 e. The number of nitrogens with zero attached hydrogens (tertiary/aromatic N) is 3. The van der Waals surface area contributed by atoms with Crippen LogP contribution < -0.4 is 0 Å². The molecule has 1 aliphatic heterocycles. The van der Waals surface area contributed by atoms with Gasteiger partial charge in [-0.15, -0.1) is 0 Å². The number of benzene rings is 2. The number of aromatic hydroxyl groups is 1. The van der Waals surface area contributed by atoms with Crippen molar-refractivity contribution in [2.45, 2.75) is 53.2 Å². The SMILES string of the molecule is CCCN(CC)Cc1c(O)ccc2oc(-c3ccccc3)c(C(=O)N3CCN(C(=O)OC(C)(C)C)CC3)c12. The minimum atomic E-state index is -0.577. The number of carbonyl (C=O) groups excluding carboxylic acids is 2. The third-order valence-electron chi connectivity index (χ3n) is 6.78. The first-order valence-electron chi connectivity index (χ1n) is 13.4. The molecule has 1 saturated heterocycles. The predicted octanol–water partition coefficient (Wildman–Crippen LogP) is 5.73. The van der Waals surface area contributed by atoms with Gasteiger partial charge in [0.1, 0.15) is 22.7 Å². The lowest BCUT2D eigenvalue weighted by atomic mass is 9.99. The number of piperazine rings is 1. The largest absolute Gasteiger partial charge is 0.508 e. The second kappa shape index (κ2) is 11.5. The van der Waals surface area contributed by atoms with E-state index in [1.807, 2.05) is 51.1 Å². The van der Waals surface area contributed by atoms with Crippen molar-refractivity contribution in [1.29, 1.82) is 0 Å². The lowest BCUT2D eigenvalue weighted by Crippen LogP contribution is -2.51. The van der Waals surface area contributed by atoms with E-state index in [2.05, 4.69) is 18.7 Å².